The van der Waals surface area contributed by atoms with E-state index in [0.29, 0.717) is 12.1 Å². The van der Waals surface area contributed by atoms with Crippen LogP contribution < -0.4 is 0 Å². The summed E-state index contributed by atoms with van der Waals surface area (Å²) in [6, 6.07) is 11.9. The molecule has 3 rings (SSSR count). The van der Waals surface area contributed by atoms with E-state index in [9.17, 15) is 0 Å². The van der Waals surface area contributed by atoms with Crippen molar-refractivity contribution < 1.29 is 0 Å². The first kappa shape index (κ1) is 14.6. The molecule has 1 aromatic rings. The van der Waals surface area contributed by atoms with Crippen LogP contribution in [0, 0.1) is 0 Å². The molecule has 0 atom stereocenters. The van der Waals surface area contributed by atoms with Crippen LogP contribution in [0.4, 0.5) is 0 Å². The maximum absolute atomic E-state index is 4.95. The van der Waals surface area contributed by atoms with Gasteiger partial charge in [-0.05, 0) is 31.2 Å². The summed E-state index contributed by atoms with van der Waals surface area (Å²) >= 11 is 0. The Labute approximate surface area is 129 Å². The van der Waals surface area contributed by atoms with Crippen molar-refractivity contribution in [2.45, 2.75) is 76.3 Å². The zero-order valence-corrected chi connectivity index (χ0v) is 13.1. The first-order valence-corrected chi connectivity index (χ1v) is 8.81. The zero-order chi connectivity index (χ0) is 14.3. The Hall–Kier alpha value is -1.31. The van der Waals surface area contributed by atoms with Gasteiger partial charge in [0.1, 0.15) is 0 Å². The van der Waals surface area contributed by atoms with Crippen LogP contribution in [0.5, 0.6) is 0 Å². The van der Waals surface area contributed by atoms with Crippen molar-refractivity contribution in [3.8, 4) is 0 Å². The van der Waals surface area contributed by atoms with E-state index in [1.165, 1.54) is 69.8 Å². The van der Waals surface area contributed by atoms with Crippen LogP contribution >= 0.6 is 0 Å². The highest BCUT2D eigenvalue weighted by Gasteiger charge is 2.27. The lowest BCUT2D eigenvalue weighted by Gasteiger charge is -2.39. The number of hydrogen-bond donors (Lipinski definition) is 0. The molecular weight excluding hydrogens is 256 g/mol. The maximum Gasteiger partial charge on any atom is 0.0543 e. The predicted molar refractivity (Wildman–Crippen MR) is 89.6 cm³/mol. The van der Waals surface area contributed by atoms with Crippen LogP contribution in [-0.2, 0) is 0 Å². The molecule has 2 aliphatic carbocycles. The quantitative estimate of drug-likeness (QED) is 0.562. The highest BCUT2D eigenvalue weighted by molar-refractivity contribution is 5.79. The minimum Gasteiger partial charge on any atom is -0.291 e. The van der Waals surface area contributed by atoms with E-state index < -0.39 is 0 Å². The summed E-state index contributed by atoms with van der Waals surface area (Å²) < 4.78 is 0. The van der Waals surface area contributed by atoms with Gasteiger partial charge < -0.3 is 0 Å². The van der Waals surface area contributed by atoms with Gasteiger partial charge in [-0.3, -0.25) is 5.01 Å². The molecule has 2 heteroatoms. The average molecular weight is 284 g/mol. The third-order valence-corrected chi connectivity index (χ3v) is 5.04. The van der Waals surface area contributed by atoms with E-state index in [0.717, 1.165) is 0 Å². The van der Waals surface area contributed by atoms with Gasteiger partial charge in [-0.25, -0.2) is 0 Å². The van der Waals surface area contributed by atoms with E-state index in [1.807, 2.05) is 0 Å². The molecule has 0 aliphatic heterocycles. The minimum atomic E-state index is 0.682. The molecule has 0 saturated heterocycles. The van der Waals surface area contributed by atoms with Crippen LogP contribution in [0.1, 0.15) is 69.8 Å². The SMILES string of the molecule is C(=N/N(C1CCCCC1)C1CCCCC1)/c1ccccc1. The fourth-order valence-electron chi connectivity index (χ4n) is 3.85. The Kier molecular flexibility index (Phi) is 5.31. The van der Waals surface area contributed by atoms with Crippen molar-refractivity contribution in [2.75, 3.05) is 0 Å². The van der Waals surface area contributed by atoms with Gasteiger partial charge in [0.2, 0.25) is 0 Å². The van der Waals surface area contributed by atoms with Crippen LogP contribution in [0.15, 0.2) is 35.4 Å². The minimum absolute atomic E-state index is 0.682. The van der Waals surface area contributed by atoms with Crippen molar-refractivity contribution in [1.82, 2.24) is 5.01 Å². The van der Waals surface area contributed by atoms with Crippen molar-refractivity contribution in [1.29, 1.82) is 0 Å². The van der Waals surface area contributed by atoms with Crippen LogP contribution in [0.3, 0.4) is 0 Å². The van der Waals surface area contributed by atoms with Crippen LogP contribution in [0.2, 0.25) is 0 Å². The average Bonchev–Trinajstić information content (AvgIpc) is 2.58. The predicted octanol–water partition coefficient (Wildman–Crippen LogP) is 4.99. The van der Waals surface area contributed by atoms with Gasteiger partial charge in [-0.2, -0.15) is 5.10 Å². The zero-order valence-electron chi connectivity index (χ0n) is 13.1. The van der Waals surface area contributed by atoms with E-state index in [1.54, 1.807) is 0 Å². The molecule has 0 spiro atoms. The summed E-state index contributed by atoms with van der Waals surface area (Å²) in [6.07, 6.45) is 15.8. The highest BCUT2D eigenvalue weighted by Crippen LogP contribution is 2.30. The molecular formula is C19H28N2. The van der Waals surface area contributed by atoms with Gasteiger partial charge in [0, 0.05) is 12.1 Å². The van der Waals surface area contributed by atoms with E-state index in [2.05, 4.69) is 41.6 Å². The summed E-state index contributed by atoms with van der Waals surface area (Å²) in [5.74, 6) is 0. The van der Waals surface area contributed by atoms with E-state index in [4.69, 9.17) is 5.10 Å². The first-order chi connectivity index (χ1) is 10.4. The van der Waals surface area contributed by atoms with Crippen molar-refractivity contribution in [2.24, 2.45) is 5.10 Å². The molecule has 114 valence electrons. The summed E-state index contributed by atoms with van der Waals surface area (Å²) in [5, 5.41) is 7.44. The van der Waals surface area contributed by atoms with Gasteiger partial charge in [-0.1, -0.05) is 68.9 Å². The molecule has 0 unspecified atom stereocenters. The Balaban J connectivity index is 1.72. The molecule has 2 aliphatic rings. The Morgan fingerprint density at radius 2 is 1.29 bits per heavy atom. The number of benzene rings is 1. The Morgan fingerprint density at radius 3 is 1.81 bits per heavy atom. The molecule has 0 heterocycles. The van der Waals surface area contributed by atoms with Gasteiger partial charge in [-0.15, -0.1) is 0 Å². The van der Waals surface area contributed by atoms with Gasteiger partial charge in [0.05, 0.1) is 6.21 Å². The van der Waals surface area contributed by atoms with E-state index >= 15 is 0 Å². The fraction of sp³-hybridized carbons (Fsp3) is 0.632. The fourth-order valence-corrected chi connectivity index (χ4v) is 3.85. The van der Waals surface area contributed by atoms with Gasteiger partial charge in [0.15, 0.2) is 0 Å². The van der Waals surface area contributed by atoms with Crippen LogP contribution in [0.25, 0.3) is 0 Å². The van der Waals surface area contributed by atoms with Crippen molar-refractivity contribution in [3.63, 3.8) is 0 Å². The molecule has 0 aromatic heterocycles. The number of hydrogen-bond acceptors (Lipinski definition) is 2. The Bertz CT molecular complexity index is 410. The largest absolute Gasteiger partial charge is 0.291 e. The molecule has 0 bridgehead atoms. The van der Waals surface area contributed by atoms with E-state index in [-0.39, 0.29) is 0 Å². The molecule has 2 saturated carbocycles. The molecule has 2 fully saturated rings. The van der Waals surface area contributed by atoms with Gasteiger partial charge >= 0.3 is 0 Å². The normalized spacial score (nSPS) is 21.7. The summed E-state index contributed by atoms with van der Waals surface area (Å²) in [5.41, 5.74) is 1.22. The maximum atomic E-state index is 4.95. The van der Waals surface area contributed by atoms with Crippen LogP contribution in [-0.4, -0.2) is 23.3 Å². The Morgan fingerprint density at radius 1 is 0.762 bits per heavy atom. The monoisotopic (exact) mass is 284 g/mol. The molecule has 21 heavy (non-hydrogen) atoms. The van der Waals surface area contributed by atoms with Gasteiger partial charge in [0.25, 0.3) is 0 Å². The second-order valence-electron chi connectivity index (χ2n) is 6.62. The lowest BCUT2D eigenvalue weighted by molar-refractivity contribution is 0.0855. The first-order valence-electron chi connectivity index (χ1n) is 8.81. The molecule has 0 amide bonds. The molecule has 0 N–H and O–H groups in total. The van der Waals surface area contributed by atoms with Crippen molar-refractivity contribution >= 4 is 6.21 Å². The third kappa shape index (κ3) is 4.09. The lowest BCUT2D eigenvalue weighted by atomic mass is 9.90. The lowest BCUT2D eigenvalue weighted by Crippen LogP contribution is -2.41. The number of nitrogens with zero attached hydrogens (tertiary/aromatic N) is 2. The second-order valence-corrected chi connectivity index (χ2v) is 6.62. The molecule has 2 nitrogen and oxygen atoms in total. The highest BCUT2D eigenvalue weighted by atomic mass is 15.5. The standard InChI is InChI=1S/C19H28N2/c1-4-10-17(11-5-1)16-20-21(18-12-6-2-7-13-18)19-14-8-3-9-15-19/h1,4-5,10-11,16,18-19H,2-3,6-9,12-15H2/b20-16-. The number of rotatable bonds is 4. The van der Waals surface area contributed by atoms with Crippen molar-refractivity contribution in [3.05, 3.63) is 35.9 Å². The smallest absolute Gasteiger partial charge is 0.0543 e. The summed E-state index contributed by atoms with van der Waals surface area (Å²) in [7, 11) is 0. The number of hydrazone groups is 1. The second kappa shape index (κ2) is 7.63. The molecule has 1 aromatic carbocycles. The third-order valence-electron chi connectivity index (χ3n) is 5.04. The summed E-state index contributed by atoms with van der Waals surface area (Å²) in [4.78, 5) is 0. The topological polar surface area (TPSA) is 15.6 Å². The summed E-state index contributed by atoms with van der Waals surface area (Å²) in [6.45, 7) is 0. The molecule has 0 radical (unpaired) electrons.